The van der Waals surface area contributed by atoms with Crippen LogP contribution >= 0.6 is 23.1 Å². The van der Waals surface area contributed by atoms with E-state index in [0.29, 0.717) is 23.2 Å². The van der Waals surface area contributed by atoms with Crippen molar-refractivity contribution in [2.45, 2.75) is 25.5 Å². The van der Waals surface area contributed by atoms with Crippen LogP contribution in [0.4, 0.5) is 11.4 Å². The number of carbonyl (C=O) groups excluding carboxylic acids is 1. The Morgan fingerprint density at radius 3 is 2.85 bits per heavy atom. The quantitative estimate of drug-likeness (QED) is 0.304. The monoisotopic (exact) mass is 490 g/mol. The van der Waals surface area contributed by atoms with Crippen molar-refractivity contribution in [2.75, 3.05) is 16.8 Å². The molecule has 0 unspecified atom stereocenters. The molecule has 172 valence electrons. The second kappa shape index (κ2) is 9.32. The molecule has 0 fully saturated rings. The molecule has 0 saturated heterocycles. The molecule has 4 aromatic heterocycles. The lowest BCUT2D eigenvalue weighted by Crippen LogP contribution is -2.15. The van der Waals surface area contributed by atoms with Gasteiger partial charge in [-0.3, -0.25) is 9.36 Å². The number of hydrogen-bond donors (Lipinski definition) is 2. The average molecular weight is 491 g/mol. The van der Waals surface area contributed by atoms with Crippen molar-refractivity contribution in [3.8, 4) is 10.7 Å². The average Bonchev–Trinajstić information content (AvgIpc) is 3.55. The molecule has 0 bridgehead atoms. The topological polar surface area (TPSA) is 112 Å². The molecule has 0 spiro atoms. The fraction of sp³-hybridized carbons (Fsp3) is 0.167. The molecule has 10 heteroatoms. The van der Waals surface area contributed by atoms with Gasteiger partial charge in [-0.05, 0) is 49.7 Å². The minimum atomic E-state index is -0.114. The van der Waals surface area contributed by atoms with Gasteiger partial charge in [0.2, 0.25) is 5.91 Å². The summed E-state index contributed by atoms with van der Waals surface area (Å²) in [5, 5.41) is 13.3. The summed E-state index contributed by atoms with van der Waals surface area (Å²) in [6.07, 6.45) is 3.37. The van der Waals surface area contributed by atoms with Gasteiger partial charge in [0.25, 0.3) is 0 Å². The third kappa shape index (κ3) is 4.42. The van der Waals surface area contributed by atoms with E-state index in [-0.39, 0.29) is 11.7 Å². The molecule has 4 heterocycles. The van der Waals surface area contributed by atoms with Crippen LogP contribution in [0.3, 0.4) is 0 Å². The molecule has 0 atom stereocenters. The van der Waals surface area contributed by atoms with Crippen molar-refractivity contribution in [1.82, 2.24) is 19.7 Å². The summed E-state index contributed by atoms with van der Waals surface area (Å²) in [4.78, 5) is 18.7. The third-order valence-corrected chi connectivity index (χ3v) is 7.40. The van der Waals surface area contributed by atoms with Crippen molar-refractivity contribution < 1.29 is 9.21 Å². The fourth-order valence-corrected chi connectivity index (χ4v) is 5.45. The Morgan fingerprint density at radius 2 is 2.09 bits per heavy atom. The number of anilines is 2. The van der Waals surface area contributed by atoms with E-state index >= 15 is 0 Å². The number of amides is 1. The van der Waals surface area contributed by atoms with E-state index in [1.54, 1.807) is 12.5 Å². The minimum absolute atomic E-state index is 0.114. The highest BCUT2D eigenvalue weighted by atomic mass is 32.2. The van der Waals surface area contributed by atoms with Crippen molar-refractivity contribution >= 4 is 50.6 Å². The number of thioether (sulfide) groups is 1. The first-order chi connectivity index (χ1) is 16.5. The number of nitrogens with one attached hydrogen (secondary N) is 1. The Kier molecular flexibility index (Phi) is 6.08. The Balaban J connectivity index is 1.42. The molecule has 0 saturated carbocycles. The van der Waals surface area contributed by atoms with Gasteiger partial charge in [0.05, 0.1) is 29.1 Å². The number of hydrogen-bond acceptors (Lipinski definition) is 8. The summed E-state index contributed by atoms with van der Waals surface area (Å²) < 4.78 is 7.49. The summed E-state index contributed by atoms with van der Waals surface area (Å²) in [6.45, 7) is 4.42. The van der Waals surface area contributed by atoms with Crippen LogP contribution in [0.1, 0.15) is 16.9 Å². The smallest absolute Gasteiger partial charge is 0.234 e. The summed E-state index contributed by atoms with van der Waals surface area (Å²) in [5.74, 6) is 1.44. The molecule has 1 amide bonds. The van der Waals surface area contributed by atoms with Crippen LogP contribution in [0.2, 0.25) is 0 Å². The largest absolute Gasteiger partial charge is 0.467 e. The molecule has 5 aromatic rings. The number of aryl methyl sites for hydroxylation is 2. The van der Waals surface area contributed by atoms with Crippen LogP contribution < -0.4 is 11.1 Å². The molecule has 0 aliphatic carbocycles. The predicted octanol–water partition coefficient (Wildman–Crippen LogP) is 5.13. The summed E-state index contributed by atoms with van der Waals surface area (Å²) >= 11 is 2.78. The van der Waals surface area contributed by atoms with Crippen LogP contribution in [-0.4, -0.2) is 31.4 Å². The number of nitrogens with zero attached hydrogens (tertiary/aromatic N) is 4. The second-order valence-corrected chi connectivity index (χ2v) is 9.77. The Hall–Kier alpha value is -3.63. The summed E-state index contributed by atoms with van der Waals surface area (Å²) in [5.41, 5.74) is 10.0. The molecule has 0 aliphatic heterocycles. The Labute approximate surface area is 204 Å². The molecule has 8 nitrogen and oxygen atoms in total. The predicted molar refractivity (Wildman–Crippen MR) is 136 cm³/mol. The molecule has 0 radical (unpaired) electrons. The van der Waals surface area contributed by atoms with Gasteiger partial charge in [-0.1, -0.05) is 29.5 Å². The highest BCUT2D eigenvalue weighted by Gasteiger charge is 2.22. The minimum Gasteiger partial charge on any atom is -0.467 e. The van der Waals surface area contributed by atoms with E-state index in [0.717, 1.165) is 37.7 Å². The lowest BCUT2D eigenvalue weighted by molar-refractivity contribution is -0.113. The number of fused-ring (bicyclic) bond motifs is 1. The number of benzene rings is 1. The van der Waals surface area contributed by atoms with Crippen LogP contribution in [0.25, 0.3) is 20.9 Å². The van der Waals surface area contributed by atoms with Crippen molar-refractivity contribution in [3.63, 3.8) is 0 Å². The van der Waals surface area contributed by atoms with Crippen molar-refractivity contribution in [1.29, 1.82) is 0 Å². The molecule has 34 heavy (non-hydrogen) atoms. The number of thiophene rings is 1. The zero-order valence-electron chi connectivity index (χ0n) is 18.6. The lowest BCUT2D eigenvalue weighted by atomic mass is 10.1. The number of aromatic nitrogens is 4. The van der Waals surface area contributed by atoms with Gasteiger partial charge in [0.15, 0.2) is 11.0 Å². The van der Waals surface area contributed by atoms with Crippen molar-refractivity contribution in [2.24, 2.45) is 0 Å². The maximum atomic E-state index is 12.7. The lowest BCUT2D eigenvalue weighted by Gasteiger charge is -2.10. The zero-order chi connectivity index (χ0) is 23.7. The molecule has 3 N–H and O–H groups in total. The van der Waals surface area contributed by atoms with E-state index in [9.17, 15) is 4.79 Å². The van der Waals surface area contributed by atoms with Crippen molar-refractivity contribution in [3.05, 3.63) is 71.8 Å². The van der Waals surface area contributed by atoms with Gasteiger partial charge < -0.3 is 15.5 Å². The summed E-state index contributed by atoms with van der Waals surface area (Å²) in [7, 11) is 0. The Morgan fingerprint density at radius 1 is 1.21 bits per heavy atom. The normalized spacial score (nSPS) is 11.2. The van der Waals surface area contributed by atoms with E-state index in [1.165, 1.54) is 23.1 Å². The van der Waals surface area contributed by atoms with Crippen LogP contribution in [0, 0.1) is 13.8 Å². The number of furan rings is 1. The van der Waals surface area contributed by atoms with E-state index in [4.69, 9.17) is 10.2 Å². The Bertz CT molecular complexity index is 1470. The van der Waals surface area contributed by atoms with Gasteiger partial charge in [0, 0.05) is 17.3 Å². The van der Waals surface area contributed by atoms with Gasteiger partial charge in [-0.2, -0.15) is 0 Å². The molecule has 5 rings (SSSR count). The molecular formula is C24H22N6O2S2. The van der Waals surface area contributed by atoms with Crippen LogP contribution in [0.5, 0.6) is 0 Å². The third-order valence-electron chi connectivity index (χ3n) is 5.31. The van der Waals surface area contributed by atoms with Crippen LogP contribution in [-0.2, 0) is 11.3 Å². The van der Waals surface area contributed by atoms with Gasteiger partial charge in [-0.25, -0.2) is 4.98 Å². The number of nitrogens with two attached hydrogens (primary N) is 1. The maximum absolute atomic E-state index is 12.7. The van der Waals surface area contributed by atoms with Gasteiger partial charge in [-0.15, -0.1) is 21.5 Å². The second-order valence-electron chi connectivity index (χ2n) is 7.83. The number of rotatable bonds is 7. The van der Waals surface area contributed by atoms with E-state index in [1.807, 2.05) is 60.9 Å². The molecular weight excluding hydrogens is 468 g/mol. The first kappa shape index (κ1) is 22.2. The highest BCUT2D eigenvalue weighted by molar-refractivity contribution is 7.99. The highest BCUT2D eigenvalue weighted by Crippen LogP contribution is 2.40. The fourth-order valence-electron chi connectivity index (χ4n) is 3.65. The molecule has 0 aliphatic rings. The zero-order valence-corrected chi connectivity index (χ0v) is 20.2. The number of nitrogen functional groups attached to an aromatic ring is 1. The standard InChI is InChI=1S/C24H22N6O2S2/c1-14-7-8-18(15(2)11-14)27-19(31)13-33-24-29-28-22(30(24)12-16-5-4-10-32-16)21-20(25)17-6-3-9-26-23(17)34-21/h3-11H,12-13,25H2,1-2H3,(H,27,31). The first-order valence-corrected chi connectivity index (χ1v) is 12.4. The number of pyridine rings is 1. The van der Waals surface area contributed by atoms with E-state index < -0.39 is 0 Å². The first-order valence-electron chi connectivity index (χ1n) is 10.6. The number of carbonyl (C=O) groups is 1. The van der Waals surface area contributed by atoms with E-state index in [2.05, 4.69) is 20.5 Å². The summed E-state index contributed by atoms with van der Waals surface area (Å²) in [6, 6.07) is 13.5. The SMILES string of the molecule is Cc1ccc(NC(=O)CSc2nnc(-c3sc4ncccc4c3N)n2Cc2ccco2)c(C)c1. The van der Waals surface area contributed by atoms with Crippen LogP contribution in [0.15, 0.2) is 64.5 Å². The maximum Gasteiger partial charge on any atom is 0.234 e. The molecule has 1 aromatic carbocycles. The van der Waals surface area contributed by atoms with Gasteiger partial charge >= 0.3 is 0 Å². The van der Waals surface area contributed by atoms with Gasteiger partial charge in [0.1, 0.15) is 10.6 Å².